The number of sulfone groups is 2. The van der Waals surface area contributed by atoms with E-state index in [9.17, 15) is 34.8 Å². The van der Waals surface area contributed by atoms with Crippen molar-refractivity contribution >= 4 is 66.2 Å². The van der Waals surface area contributed by atoms with Crippen LogP contribution in [0.3, 0.4) is 0 Å². The number of ether oxygens (including phenoxy) is 1. The van der Waals surface area contributed by atoms with Gasteiger partial charge >= 0.3 is 12.1 Å². The molecule has 0 fully saturated rings. The fourth-order valence-corrected chi connectivity index (χ4v) is 8.40. The van der Waals surface area contributed by atoms with E-state index < -0.39 is 31.8 Å². The van der Waals surface area contributed by atoms with Gasteiger partial charge in [0.05, 0.1) is 37.4 Å². The van der Waals surface area contributed by atoms with Crippen LogP contribution in [0, 0.1) is 12.3 Å². The number of thiophene rings is 1. The highest BCUT2D eigenvalue weighted by Gasteiger charge is 2.38. The van der Waals surface area contributed by atoms with E-state index in [0.29, 0.717) is 31.7 Å². The number of aryl methyl sites for hydroxylation is 1. The smallest absolute Gasteiger partial charge is 0.490 e. The number of thioether (sulfide) groups is 1. The maximum absolute atomic E-state index is 13.6. The van der Waals surface area contributed by atoms with Crippen LogP contribution in [0.1, 0.15) is 23.3 Å². The van der Waals surface area contributed by atoms with E-state index in [0.717, 1.165) is 23.2 Å². The first-order valence-corrected chi connectivity index (χ1v) is 18.1. The van der Waals surface area contributed by atoms with E-state index in [1.165, 1.54) is 31.0 Å². The number of carboxylic acid groups (broad SMARTS) is 1. The molecule has 0 unspecified atom stereocenters. The van der Waals surface area contributed by atoms with Crippen LogP contribution in [-0.4, -0.2) is 71.2 Å². The highest BCUT2D eigenvalue weighted by molar-refractivity contribution is 8.01. The van der Waals surface area contributed by atoms with Gasteiger partial charge < -0.3 is 20.9 Å². The number of nitrogen functional groups attached to an aromatic ring is 1. The number of nitrogens with one attached hydrogen (secondary N) is 2. The summed E-state index contributed by atoms with van der Waals surface area (Å²) in [6.45, 7) is 1.82. The van der Waals surface area contributed by atoms with Crippen LogP contribution in [0.5, 0.6) is 5.75 Å². The Labute approximate surface area is 266 Å². The summed E-state index contributed by atoms with van der Waals surface area (Å²) in [4.78, 5) is 22.1. The number of benzene rings is 2. The molecule has 1 aromatic heterocycles. The third-order valence-corrected chi connectivity index (χ3v) is 11.2. The van der Waals surface area contributed by atoms with Crippen LogP contribution in [-0.2, 0) is 29.3 Å². The van der Waals surface area contributed by atoms with Gasteiger partial charge in [-0.15, -0.1) is 23.1 Å². The Morgan fingerprint density at radius 1 is 1.13 bits per heavy atom. The molecule has 0 aliphatic heterocycles. The maximum atomic E-state index is 13.6. The Bertz CT molecular complexity index is 1810. The monoisotopic (exact) mass is 709 g/mol. The molecule has 1 amide bonds. The van der Waals surface area contributed by atoms with Gasteiger partial charge in [-0.25, -0.2) is 21.6 Å². The third kappa shape index (κ3) is 10.5. The molecular weight excluding hydrogens is 680 g/mol. The fourth-order valence-electron chi connectivity index (χ4n) is 3.83. The number of anilines is 1. The molecule has 45 heavy (non-hydrogen) atoms. The normalized spacial score (nSPS) is 11.7. The lowest BCUT2D eigenvalue weighted by atomic mass is 9.98. The zero-order valence-corrected chi connectivity index (χ0v) is 27.6. The lowest BCUT2D eigenvalue weighted by Crippen LogP contribution is -2.21. The third-order valence-electron chi connectivity index (χ3n) is 5.82. The van der Waals surface area contributed by atoms with Gasteiger partial charge in [-0.1, -0.05) is 12.1 Å². The summed E-state index contributed by atoms with van der Waals surface area (Å²) >= 11 is 2.42. The van der Waals surface area contributed by atoms with Gasteiger partial charge in [0.15, 0.2) is 0 Å². The minimum absolute atomic E-state index is 0.00524. The van der Waals surface area contributed by atoms with Crippen LogP contribution in [0.15, 0.2) is 56.5 Å². The van der Waals surface area contributed by atoms with Crippen molar-refractivity contribution in [3.63, 3.8) is 0 Å². The predicted octanol–water partition coefficient (Wildman–Crippen LogP) is 4.97. The zero-order valence-electron chi connectivity index (χ0n) is 24.3. The van der Waals surface area contributed by atoms with E-state index in [1.807, 2.05) is 6.92 Å². The molecule has 3 aromatic rings. The predicted molar refractivity (Wildman–Crippen MR) is 167 cm³/mol. The second-order valence-electron chi connectivity index (χ2n) is 9.36. The van der Waals surface area contributed by atoms with E-state index in [-0.39, 0.29) is 40.1 Å². The Kier molecular flexibility index (Phi) is 12.6. The molecule has 18 heteroatoms. The fraction of sp³-hybridized carbons (Fsp3) is 0.296. The number of rotatable bonds is 11. The van der Waals surface area contributed by atoms with Crippen molar-refractivity contribution in [2.75, 3.05) is 30.7 Å². The molecule has 2 aromatic carbocycles. The number of hydrogen-bond donors (Lipinski definition) is 4. The summed E-state index contributed by atoms with van der Waals surface area (Å²) in [5.41, 5.74) is 7.92. The Balaban J connectivity index is 0.000000900. The van der Waals surface area contributed by atoms with Gasteiger partial charge in [0.1, 0.15) is 21.4 Å². The number of halogens is 3. The van der Waals surface area contributed by atoms with Crippen molar-refractivity contribution in [1.29, 1.82) is 5.41 Å². The largest absolute Gasteiger partial charge is 0.497 e. The Morgan fingerprint density at radius 3 is 2.27 bits per heavy atom. The number of carbonyl (C=O) groups excluding carboxylic acids is 1. The van der Waals surface area contributed by atoms with Crippen LogP contribution >= 0.6 is 23.1 Å². The number of amides is 1. The molecule has 0 aliphatic carbocycles. The van der Waals surface area contributed by atoms with Gasteiger partial charge in [0.25, 0.3) is 0 Å². The van der Waals surface area contributed by atoms with Crippen molar-refractivity contribution < 1.29 is 49.4 Å². The van der Waals surface area contributed by atoms with Crippen molar-refractivity contribution in [3.8, 4) is 16.9 Å². The van der Waals surface area contributed by atoms with E-state index in [2.05, 4.69) is 5.32 Å². The van der Waals surface area contributed by atoms with Gasteiger partial charge in [0.2, 0.25) is 15.7 Å². The van der Waals surface area contributed by atoms with E-state index >= 15 is 0 Å². The quantitative estimate of drug-likeness (QED) is 0.120. The van der Waals surface area contributed by atoms with Crippen LogP contribution in [0.4, 0.5) is 18.9 Å². The first kappa shape index (κ1) is 37.6. The first-order chi connectivity index (χ1) is 20.7. The number of methoxy groups -OCH3 is 1. The standard InChI is InChI=1S/C25H29N3O6S4.C2HF3O2/c1-15-11-17(34-2)13-19(28-22(29)9-6-10-37(4,30)31)23(15)16-7-5-8-18(12-16)38(32,33)21-14-20(24(26)27)36-25(21)35-3;3-2(4,5)1(6)7/h5,7-8,11-14H,6,9-10H2,1-4H3,(H3,26,27)(H,28,29);(H,6,7). The highest BCUT2D eigenvalue weighted by Crippen LogP contribution is 2.40. The number of hydrogen-bond acceptors (Lipinski definition) is 10. The molecule has 0 bridgehead atoms. The van der Waals surface area contributed by atoms with Crippen molar-refractivity contribution in [2.24, 2.45) is 5.73 Å². The molecule has 0 saturated carbocycles. The van der Waals surface area contributed by atoms with Gasteiger partial charge in [-0.3, -0.25) is 10.2 Å². The van der Waals surface area contributed by atoms with Crippen LogP contribution in [0.2, 0.25) is 0 Å². The topological polar surface area (TPSA) is 194 Å². The Morgan fingerprint density at radius 2 is 1.76 bits per heavy atom. The molecule has 246 valence electrons. The molecule has 11 nitrogen and oxygen atoms in total. The number of carboxylic acids is 1. The van der Waals surface area contributed by atoms with Gasteiger partial charge in [-0.05, 0) is 55.0 Å². The second-order valence-corrected chi connectivity index (χ2v) is 15.7. The average Bonchev–Trinajstić information content (AvgIpc) is 3.38. The number of amidine groups is 1. The highest BCUT2D eigenvalue weighted by atomic mass is 32.2. The van der Waals surface area contributed by atoms with Crippen LogP contribution < -0.4 is 15.8 Å². The number of nitrogens with two attached hydrogens (primary N) is 1. The molecule has 0 saturated heterocycles. The molecule has 0 aliphatic rings. The molecule has 3 rings (SSSR count). The molecule has 5 N–H and O–H groups in total. The lowest BCUT2D eigenvalue weighted by Gasteiger charge is -2.17. The summed E-state index contributed by atoms with van der Waals surface area (Å²) in [6, 6.07) is 11.2. The number of alkyl halides is 3. The maximum Gasteiger partial charge on any atom is 0.490 e. The van der Waals surface area contributed by atoms with Gasteiger partial charge in [0, 0.05) is 24.3 Å². The van der Waals surface area contributed by atoms with Crippen molar-refractivity contribution in [2.45, 2.75) is 39.9 Å². The summed E-state index contributed by atoms with van der Waals surface area (Å²) in [5.74, 6) is -2.93. The zero-order chi connectivity index (χ0) is 34.3. The SMILES string of the molecule is COc1cc(C)c(-c2cccc(S(=O)(=O)c3cc(C(=N)N)sc3SC)c2)c(NC(=O)CCCS(C)(=O)=O)c1.O=C(O)C(F)(F)F. The minimum Gasteiger partial charge on any atom is -0.497 e. The summed E-state index contributed by atoms with van der Waals surface area (Å²) in [7, 11) is -5.63. The lowest BCUT2D eigenvalue weighted by molar-refractivity contribution is -0.192. The van der Waals surface area contributed by atoms with Crippen molar-refractivity contribution in [1.82, 2.24) is 0 Å². The van der Waals surface area contributed by atoms with Crippen molar-refractivity contribution in [3.05, 3.63) is 52.9 Å². The summed E-state index contributed by atoms with van der Waals surface area (Å²) < 4.78 is 87.7. The van der Waals surface area contributed by atoms with Gasteiger partial charge in [-0.2, -0.15) is 13.2 Å². The first-order valence-electron chi connectivity index (χ1n) is 12.5. The van der Waals surface area contributed by atoms with E-state index in [1.54, 1.807) is 36.6 Å². The summed E-state index contributed by atoms with van der Waals surface area (Å²) in [5, 5.41) is 17.7. The van der Waals surface area contributed by atoms with Crippen LogP contribution in [0.25, 0.3) is 11.1 Å². The Hall–Kier alpha value is -3.61. The molecule has 0 spiro atoms. The second kappa shape index (κ2) is 15.1. The average molecular weight is 710 g/mol. The van der Waals surface area contributed by atoms with E-state index in [4.69, 9.17) is 25.8 Å². The number of aliphatic carboxylic acids is 1. The molecule has 0 radical (unpaired) electrons. The molecule has 1 heterocycles. The number of carbonyl (C=O) groups is 2. The molecular formula is C27H30F3N3O8S4. The summed E-state index contributed by atoms with van der Waals surface area (Å²) in [6.07, 6.45) is -2.02. The molecule has 0 atom stereocenters. The minimum atomic E-state index is -5.08.